The predicted molar refractivity (Wildman–Crippen MR) is 61.0 cm³/mol. The maximum Gasteiger partial charge on any atom is 0.306 e. The Morgan fingerprint density at radius 2 is 2.38 bits per heavy atom. The predicted octanol–water partition coefficient (Wildman–Crippen LogP) is 2.96. The fourth-order valence-electron chi connectivity index (χ4n) is 3.07. The molecule has 3 nitrogen and oxygen atoms in total. The molecule has 16 heavy (non-hydrogen) atoms. The van der Waals surface area contributed by atoms with Crippen molar-refractivity contribution in [1.29, 1.82) is 0 Å². The van der Waals surface area contributed by atoms with Gasteiger partial charge in [-0.3, -0.25) is 4.79 Å². The summed E-state index contributed by atoms with van der Waals surface area (Å²) < 4.78 is 4.95. The van der Waals surface area contributed by atoms with E-state index in [4.69, 9.17) is 4.74 Å². The molecule has 1 fully saturated rings. The molecule has 0 atom stereocenters. The molecule has 0 aliphatic heterocycles. The molecule has 90 valence electrons. The zero-order chi connectivity index (χ0) is 11.6. The van der Waals surface area contributed by atoms with Gasteiger partial charge in [0.15, 0.2) is 0 Å². The van der Waals surface area contributed by atoms with Gasteiger partial charge in [0.2, 0.25) is 0 Å². The smallest absolute Gasteiger partial charge is 0.306 e. The van der Waals surface area contributed by atoms with Crippen LogP contribution in [0.5, 0.6) is 0 Å². The van der Waals surface area contributed by atoms with Gasteiger partial charge in [0.1, 0.15) is 0 Å². The number of carbonyl (C=O) groups is 1. The van der Waals surface area contributed by atoms with Gasteiger partial charge >= 0.3 is 5.97 Å². The second kappa shape index (κ2) is 4.48. The first-order valence-corrected chi connectivity index (χ1v) is 6.17. The highest BCUT2D eigenvalue weighted by atomic mass is 16.5. The Kier molecular flexibility index (Phi) is 3.22. The summed E-state index contributed by atoms with van der Waals surface area (Å²) in [6.07, 6.45) is 7.64. The average Bonchev–Trinajstić information content (AvgIpc) is 2.19. The van der Waals surface area contributed by atoms with Gasteiger partial charge in [0, 0.05) is 12.8 Å². The van der Waals surface area contributed by atoms with Crippen LogP contribution in [-0.4, -0.2) is 17.7 Å². The maximum absolute atomic E-state index is 11.3. The zero-order valence-electron chi connectivity index (χ0n) is 9.87. The van der Waals surface area contributed by atoms with Crippen molar-refractivity contribution >= 4 is 5.97 Å². The molecular weight excluding hydrogens is 204 g/mol. The SMILES string of the molecule is CCOC(=O)CC1CC2(CC=C(O)CC2)C1. The summed E-state index contributed by atoms with van der Waals surface area (Å²) in [7, 11) is 0. The number of ether oxygens (including phenoxy) is 1. The Labute approximate surface area is 96.5 Å². The highest BCUT2D eigenvalue weighted by Gasteiger charge is 2.44. The van der Waals surface area contributed by atoms with E-state index in [1.807, 2.05) is 13.0 Å². The molecule has 0 bridgehead atoms. The van der Waals surface area contributed by atoms with Crippen LogP contribution in [0.1, 0.15) is 45.4 Å². The first-order chi connectivity index (χ1) is 7.63. The molecule has 1 spiro atoms. The molecule has 3 heteroatoms. The van der Waals surface area contributed by atoms with E-state index in [9.17, 15) is 9.90 Å². The monoisotopic (exact) mass is 224 g/mol. The fraction of sp³-hybridized carbons (Fsp3) is 0.769. The average molecular weight is 224 g/mol. The Morgan fingerprint density at radius 1 is 1.62 bits per heavy atom. The molecule has 0 aromatic carbocycles. The summed E-state index contributed by atoms with van der Waals surface area (Å²) in [5, 5.41) is 9.33. The highest BCUT2D eigenvalue weighted by molar-refractivity contribution is 5.69. The molecule has 0 radical (unpaired) electrons. The van der Waals surface area contributed by atoms with E-state index in [1.54, 1.807) is 0 Å². The van der Waals surface area contributed by atoms with Crippen LogP contribution in [0.4, 0.5) is 0 Å². The van der Waals surface area contributed by atoms with Crippen molar-refractivity contribution in [3.63, 3.8) is 0 Å². The van der Waals surface area contributed by atoms with E-state index in [1.165, 1.54) is 0 Å². The van der Waals surface area contributed by atoms with Crippen LogP contribution in [0.25, 0.3) is 0 Å². The van der Waals surface area contributed by atoms with Gasteiger partial charge in [-0.05, 0) is 50.0 Å². The normalized spacial score (nSPS) is 33.1. The summed E-state index contributed by atoms with van der Waals surface area (Å²) in [5.41, 5.74) is 0.392. The van der Waals surface area contributed by atoms with Crippen LogP contribution in [0, 0.1) is 11.3 Å². The van der Waals surface area contributed by atoms with Crippen LogP contribution in [0.15, 0.2) is 11.8 Å². The van der Waals surface area contributed by atoms with E-state index >= 15 is 0 Å². The number of carbonyl (C=O) groups excluding carboxylic acids is 1. The van der Waals surface area contributed by atoms with Gasteiger partial charge in [-0.1, -0.05) is 0 Å². The molecule has 2 aliphatic rings. The third-order valence-corrected chi connectivity index (χ3v) is 3.89. The summed E-state index contributed by atoms with van der Waals surface area (Å²) >= 11 is 0. The number of aliphatic hydroxyl groups excluding tert-OH is 1. The van der Waals surface area contributed by atoms with Gasteiger partial charge in [-0.25, -0.2) is 0 Å². The second-order valence-corrected chi connectivity index (χ2v) is 5.18. The lowest BCUT2D eigenvalue weighted by Gasteiger charge is -2.49. The number of esters is 1. The molecule has 0 unspecified atom stereocenters. The van der Waals surface area contributed by atoms with Crippen LogP contribution in [0.2, 0.25) is 0 Å². The third kappa shape index (κ3) is 2.39. The van der Waals surface area contributed by atoms with Crippen LogP contribution >= 0.6 is 0 Å². The minimum absolute atomic E-state index is 0.0588. The third-order valence-electron chi connectivity index (χ3n) is 3.89. The first-order valence-electron chi connectivity index (χ1n) is 6.17. The van der Waals surface area contributed by atoms with Crippen LogP contribution in [-0.2, 0) is 9.53 Å². The number of allylic oxidation sites excluding steroid dienone is 2. The van der Waals surface area contributed by atoms with E-state index in [-0.39, 0.29) is 5.97 Å². The first kappa shape index (κ1) is 11.5. The standard InChI is InChI=1S/C13H20O3/c1-2-16-12(15)7-10-8-13(9-10)5-3-11(14)4-6-13/h3,10,14H,2,4-9H2,1H3. The minimum atomic E-state index is -0.0588. The van der Waals surface area contributed by atoms with Crippen molar-refractivity contribution < 1.29 is 14.6 Å². The van der Waals surface area contributed by atoms with Crippen molar-refractivity contribution in [1.82, 2.24) is 0 Å². The molecular formula is C13H20O3. The summed E-state index contributed by atoms with van der Waals surface area (Å²) in [4.78, 5) is 11.3. The lowest BCUT2D eigenvalue weighted by atomic mass is 9.56. The van der Waals surface area contributed by atoms with Crippen molar-refractivity contribution in [3.8, 4) is 0 Å². The van der Waals surface area contributed by atoms with Crippen molar-refractivity contribution in [2.24, 2.45) is 11.3 Å². The van der Waals surface area contributed by atoms with Gasteiger partial charge < -0.3 is 9.84 Å². The largest absolute Gasteiger partial charge is 0.513 e. The second-order valence-electron chi connectivity index (χ2n) is 5.18. The van der Waals surface area contributed by atoms with E-state index in [0.29, 0.717) is 30.1 Å². The van der Waals surface area contributed by atoms with Crippen molar-refractivity contribution in [2.45, 2.75) is 45.4 Å². The molecule has 0 aromatic rings. The molecule has 2 rings (SSSR count). The number of hydrogen-bond donors (Lipinski definition) is 1. The van der Waals surface area contributed by atoms with Gasteiger partial charge in [-0.15, -0.1) is 0 Å². The summed E-state index contributed by atoms with van der Waals surface area (Å²) in [6, 6.07) is 0. The molecule has 0 heterocycles. The Hall–Kier alpha value is -0.990. The number of aliphatic hydroxyl groups is 1. The number of rotatable bonds is 3. The topological polar surface area (TPSA) is 46.5 Å². The van der Waals surface area contributed by atoms with Crippen LogP contribution in [0.3, 0.4) is 0 Å². The molecule has 1 saturated carbocycles. The molecule has 0 saturated heterocycles. The highest BCUT2D eigenvalue weighted by Crippen LogP contribution is 2.55. The van der Waals surface area contributed by atoms with Crippen molar-refractivity contribution in [2.75, 3.05) is 6.61 Å². The van der Waals surface area contributed by atoms with Gasteiger partial charge in [0.05, 0.1) is 12.4 Å². The molecule has 0 aromatic heterocycles. The van der Waals surface area contributed by atoms with E-state index in [0.717, 1.165) is 32.1 Å². The van der Waals surface area contributed by atoms with E-state index in [2.05, 4.69) is 0 Å². The Balaban J connectivity index is 1.75. The fourth-order valence-corrected chi connectivity index (χ4v) is 3.07. The maximum atomic E-state index is 11.3. The van der Waals surface area contributed by atoms with Crippen LogP contribution < -0.4 is 0 Å². The lowest BCUT2D eigenvalue weighted by molar-refractivity contribution is -0.146. The molecule has 2 aliphatic carbocycles. The summed E-state index contributed by atoms with van der Waals surface area (Å²) in [5.74, 6) is 0.990. The van der Waals surface area contributed by atoms with E-state index < -0.39 is 0 Å². The quantitative estimate of drug-likeness (QED) is 0.750. The Morgan fingerprint density at radius 3 is 2.94 bits per heavy atom. The molecule has 1 N–H and O–H groups in total. The Bertz CT molecular complexity index is 300. The van der Waals surface area contributed by atoms with Gasteiger partial charge in [0.25, 0.3) is 0 Å². The van der Waals surface area contributed by atoms with Gasteiger partial charge in [-0.2, -0.15) is 0 Å². The minimum Gasteiger partial charge on any atom is -0.513 e. The van der Waals surface area contributed by atoms with Crippen molar-refractivity contribution in [3.05, 3.63) is 11.8 Å². The summed E-state index contributed by atoms with van der Waals surface area (Å²) in [6.45, 7) is 2.32. The zero-order valence-corrected chi connectivity index (χ0v) is 9.87. The lowest BCUT2D eigenvalue weighted by Crippen LogP contribution is -2.39. The molecule has 0 amide bonds. The number of hydrogen-bond acceptors (Lipinski definition) is 3.